The lowest BCUT2D eigenvalue weighted by Gasteiger charge is -2.08. The van der Waals surface area contributed by atoms with Crippen LogP contribution in [0.4, 0.5) is 11.5 Å². The Hall–Kier alpha value is -2.66. The maximum atomic E-state index is 12.2. The smallest absolute Gasteiger partial charge is 0.256 e. The van der Waals surface area contributed by atoms with Crippen molar-refractivity contribution in [2.24, 2.45) is 0 Å². The molecule has 0 bridgehead atoms. The fourth-order valence-electron chi connectivity index (χ4n) is 2.30. The van der Waals surface area contributed by atoms with Crippen molar-refractivity contribution in [1.29, 1.82) is 0 Å². The van der Waals surface area contributed by atoms with Gasteiger partial charge in [-0.15, -0.1) is 0 Å². The van der Waals surface area contributed by atoms with Crippen molar-refractivity contribution in [3.05, 3.63) is 88.0 Å². The van der Waals surface area contributed by atoms with Gasteiger partial charge < -0.3 is 10.6 Å². The highest BCUT2D eigenvalue weighted by Gasteiger charge is 2.07. The Morgan fingerprint density at radius 2 is 1.88 bits per heavy atom. The topological polar surface area (TPSA) is 54.0 Å². The molecule has 2 aromatic carbocycles. The molecule has 1 heterocycles. The molecule has 1 amide bonds. The summed E-state index contributed by atoms with van der Waals surface area (Å²) in [6.07, 6.45) is 1.71. The number of nitrogens with one attached hydrogen (secondary N) is 2. The van der Waals surface area contributed by atoms with E-state index in [2.05, 4.69) is 62.7 Å². The van der Waals surface area contributed by atoms with E-state index in [9.17, 15) is 4.79 Å². The standard InChI is InChI=1S/C20H18BrN3O/c1-14-5-7-15(8-6-14)12-22-18-9-10-19(23-13-18)24-20(25)16-3-2-4-17(21)11-16/h2-11,13,22H,12H2,1H3,(H,23,24,25). The first-order valence-corrected chi connectivity index (χ1v) is 8.72. The molecular formula is C20H18BrN3O. The number of amides is 1. The Labute approximate surface area is 155 Å². The highest BCUT2D eigenvalue weighted by molar-refractivity contribution is 9.10. The van der Waals surface area contributed by atoms with Crippen LogP contribution in [-0.4, -0.2) is 10.9 Å². The summed E-state index contributed by atoms with van der Waals surface area (Å²) in [4.78, 5) is 16.5. The highest BCUT2D eigenvalue weighted by Crippen LogP contribution is 2.15. The van der Waals surface area contributed by atoms with Gasteiger partial charge in [0.2, 0.25) is 0 Å². The summed E-state index contributed by atoms with van der Waals surface area (Å²) in [6, 6.07) is 19.3. The molecule has 2 N–H and O–H groups in total. The van der Waals surface area contributed by atoms with Gasteiger partial charge >= 0.3 is 0 Å². The summed E-state index contributed by atoms with van der Waals surface area (Å²) in [5.41, 5.74) is 3.94. The number of hydrogen-bond acceptors (Lipinski definition) is 3. The Bertz CT molecular complexity index is 861. The molecule has 3 aromatic rings. The van der Waals surface area contributed by atoms with Crippen LogP contribution in [0.5, 0.6) is 0 Å². The van der Waals surface area contributed by atoms with E-state index in [0.717, 1.165) is 16.7 Å². The molecule has 0 spiro atoms. The second-order valence-corrected chi connectivity index (χ2v) is 6.65. The third-order valence-corrected chi connectivity index (χ3v) is 4.20. The predicted molar refractivity (Wildman–Crippen MR) is 105 cm³/mol. The number of hydrogen-bond donors (Lipinski definition) is 2. The van der Waals surface area contributed by atoms with E-state index < -0.39 is 0 Å². The van der Waals surface area contributed by atoms with Gasteiger partial charge in [0, 0.05) is 16.6 Å². The summed E-state index contributed by atoms with van der Waals surface area (Å²) in [7, 11) is 0. The molecular weight excluding hydrogens is 378 g/mol. The second-order valence-electron chi connectivity index (χ2n) is 5.74. The Kier molecular flexibility index (Phi) is 5.46. The molecule has 1 aromatic heterocycles. The molecule has 0 aliphatic carbocycles. The van der Waals surface area contributed by atoms with E-state index in [1.165, 1.54) is 11.1 Å². The average molecular weight is 396 g/mol. The first-order chi connectivity index (χ1) is 12.1. The maximum absolute atomic E-state index is 12.2. The maximum Gasteiger partial charge on any atom is 0.256 e. The molecule has 3 rings (SSSR count). The van der Waals surface area contributed by atoms with E-state index in [4.69, 9.17) is 0 Å². The Morgan fingerprint density at radius 3 is 2.56 bits per heavy atom. The summed E-state index contributed by atoms with van der Waals surface area (Å²) >= 11 is 3.36. The van der Waals surface area contributed by atoms with Gasteiger partial charge in [-0.2, -0.15) is 0 Å². The van der Waals surface area contributed by atoms with Crippen molar-refractivity contribution >= 4 is 33.3 Å². The predicted octanol–water partition coefficient (Wildman–Crippen LogP) is 5.02. The van der Waals surface area contributed by atoms with E-state index in [1.54, 1.807) is 24.4 Å². The molecule has 0 aliphatic rings. The van der Waals surface area contributed by atoms with Crippen molar-refractivity contribution in [1.82, 2.24) is 4.98 Å². The molecule has 0 saturated heterocycles. The van der Waals surface area contributed by atoms with Crippen LogP contribution >= 0.6 is 15.9 Å². The number of halogens is 1. The van der Waals surface area contributed by atoms with Crippen LogP contribution in [0.15, 0.2) is 71.3 Å². The van der Waals surface area contributed by atoms with Crippen LogP contribution < -0.4 is 10.6 Å². The zero-order valence-corrected chi connectivity index (χ0v) is 15.4. The number of aryl methyl sites for hydroxylation is 1. The van der Waals surface area contributed by atoms with Gasteiger partial charge in [0.15, 0.2) is 0 Å². The Balaban J connectivity index is 1.58. The van der Waals surface area contributed by atoms with E-state index in [1.807, 2.05) is 18.2 Å². The molecule has 0 unspecified atom stereocenters. The van der Waals surface area contributed by atoms with Gasteiger partial charge in [-0.3, -0.25) is 4.79 Å². The van der Waals surface area contributed by atoms with Crippen LogP contribution in [0.25, 0.3) is 0 Å². The molecule has 0 saturated carbocycles. The minimum absolute atomic E-state index is 0.186. The SMILES string of the molecule is Cc1ccc(CNc2ccc(NC(=O)c3cccc(Br)c3)nc2)cc1. The van der Waals surface area contributed by atoms with Crippen molar-refractivity contribution in [2.45, 2.75) is 13.5 Å². The number of nitrogens with zero attached hydrogens (tertiary/aromatic N) is 1. The monoisotopic (exact) mass is 395 g/mol. The lowest BCUT2D eigenvalue weighted by molar-refractivity contribution is 0.102. The molecule has 0 aliphatic heterocycles. The van der Waals surface area contributed by atoms with Crippen LogP contribution in [0.1, 0.15) is 21.5 Å². The quantitative estimate of drug-likeness (QED) is 0.637. The number of anilines is 2. The zero-order valence-electron chi connectivity index (χ0n) is 13.8. The first-order valence-electron chi connectivity index (χ1n) is 7.92. The normalized spacial score (nSPS) is 10.3. The summed E-state index contributed by atoms with van der Waals surface area (Å²) in [5.74, 6) is 0.333. The number of pyridine rings is 1. The molecule has 126 valence electrons. The third kappa shape index (κ3) is 4.90. The van der Waals surface area contributed by atoms with Crippen molar-refractivity contribution in [3.8, 4) is 0 Å². The minimum atomic E-state index is -0.186. The summed E-state index contributed by atoms with van der Waals surface area (Å²) < 4.78 is 0.865. The van der Waals surface area contributed by atoms with Crippen LogP contribution in [0, 0.1) is 6.92 Å². The van der Waals surface area contributed by atoms with Gasteiger partial charge in [-0.05, 0) is 42.8 Å². The molecule has 25 heavy (non-hydrogen) atoms. The molecule has 5 heteroatoms. The highest BCUT2D eigenvalue weighted by atomic mass is 79.9. The fourth-order valence-corrected chi connectivity index (χ4v) is 2.70. The van der Waals surface area contributed by atoms with Crippen molar-refractivity contribution in [3.63, 3.8) is 0 Å². The van der Waals surface area contributed by atoms with Gasteiger partial charge in [-0.25, -0.2) is 4.98 Å². The van der Waals surface area contributed by atoms with Crippen LogP contribution in [-0.2, 0) is 6.54 Å². The van der Waals surface area contributed by atoms with Crippen LogP contribution in [0.3, 0.4) is 0 Å². The number of carbonyl (C=O) groups excluding carboxylic acids is 1. The number of benzene rings is 2. The van der Waals surface area contributed by atoms with E-state index in [-0.39, 0.29) is 5.91 Å². The van der Waals surface area contributed by atoms with Gasteiger partial charge in [0.05, 0.1) is 11.9 Å². The first kappa shape index (κ1) is 17.2. The van der Waals surface area contributed by atoms with Gasteiger partial charge in [-0.1, -0.05) is 51.8 Å². The lowest BCUT2D eigenvalue weighted by Crippen LogP contribution is -2.12. The molecule has 0 fully saturated rings. The second kappa shape index (κ2) is 7.94. The molecule has 0 radical (unpaired) electrons. The van der Waals surface area contributed by atoms with Crippen LogP contribution in [0.2, 0.25) is 0 Å². The summed E-state index contributed by atoms with van der Waals surface area (Å²) in [6.45, 7) is 2.80. The van der Waals surface area contributed by atoms with E-state index in [0.29, 0.717) is 11.4 Å². The van der Waals surface area contributed by atoms with Gasteiger partial charge in [0.1, 0.15) is 5.82 Å². The lowest BCUT2D eigenvalue weighted by atomic mass is 10.1. The molecule has 4 nitrogen and oxygen atoms in total. The fraction of sp³-hybridized carbons (Fsp3) is 0.100. The number of carbonyl (C=O) groups is 1. The number of rotatable bonds is 5. The van der Waals surface area contributed by atoms with Gasteiger partial charge in [0.25, 0.3) is 5.91 Å². The summed E-state index contributed by atoms with van der Waals surface area (Å²) in [5, 5.41) is 6.11. The van der Waals surface area contributed by atoms with E-state index >= 15 is 0 Å². The largest absolute Gasteiger partial charge is 0.380 e. The van der Waals surface area contributed by atoms with Crippen molar-refractivity contribution in [2.75, 3.05) is 10.6 Å². The van der Waals surface area contributed by atoms with Crippen molar-refractivity contribution < 1.29 is 4.79 Å². The number of aromatic nitrogens is 1. The zero-order chi connectivity index (χ0) is 17.6. The average Bonchev–Trinajstić information content (AvgIpc) is 2.62. The third-order valence-electron chi connectivity index (χ3n) is 3.71. The molecule has 0 atom stereocenters. The minimum Gasteiger partial charge on any atom is -0.380 e. The Morgan fingerprint density at radius 1 is 1.08 bits per heavy atom.